The third kappa shape index (κ3) is 3.80. The predicted molar refractivity (Wildman–Crippen MR) is 77.4 cm³/mol. The van der Waals surface area contributed by atoms with Crippen molar-refractivity contribution in [3.63, 3.8) is 0 Å². The predicted octanol–water partition coefficient (Wildman–Crippen LogP) is 3.78. The molecule has 0 saturated carbocycles. The molecule has 2 rings (SSSR count). The minimum atomic E-state index is 0.454. The first-order valence-corrected chi connectivity index (χ1v) is 6.52. The van der Waals surface area contributed by atoms with E-state index in [0.717, 1.165) is 17.5 Å². The fraction of sp³-hybridized carbons (Fsp3) is 0.200. The maximum absolute atomic E-state index is 5.99. The van der Waals surface area contributed by atoms with E-state index >= 15 is 0 Å². The Labute approximate surface area is 117 Å². The van der Waals surface area contributed by atoms with Crippen molar-refractivity contribution in [3.05, 3.63) is 59.0 Å². The summed E-state index contributed by atoms with van der Waals surface area (Å²) in [5.41, 5.74) is 1.99. The maximum Gasteiger partial charge on any atom is 0.221 e. The molecule has 0 N–H and O–H groups in total. The quantitative estimate of drug-likeness (QED) is 0.778. The van der Waals surface area contributed by atoms with Crippen LogP contribution in [-0.2, 0) is 6.42 Å². The molecule has 0 amide bonds. The van der Waals surface area contributed by atoms with E-state index in [1.165, 1.54) is 6.33 Å². The van der Waals surface area contributed by atoms with E-state index in [0.29, 0.717) is 17.6 Å². The van der Waals surface area contributed by atoms with E-state index < -0.39 is 0 Å². The highest BCUT2D eigenvalue weighted by molar-refractivity contribution is 6.30. The van der Waals surface area contributed by atoms with Gasteiger partial charge in [-0.05, 0) is 18.1 Å². The Balaban J connectivity index is 1.96. The van der Waals surface area contributed by atoms with Crippen LogP contribution in [0, 0.1) is 0 Å². The minimum Gasteiger partial charge on any atom is -0.473 e. The Kier molecular flexibility index (Phi) is 4.93. The molecule has 1 aromatic carbocycles. The molecule has 0 radical (unpaired) electrons. The molecule has 19 heavy (non-hydrogen) atoms. The van der Waals surface area contributed by atoms with E-state index in [2.05, 4.69) is 9.97 Å². The fourth-order valence-corrected chi connectivity index (χ4v) is 1.93. The Morgan fingerprint density at radius 3 is 2.74 bits per heavy atom. The van der Waals surface area contributed by atoms with Gasteiger partial charge < -0.3 is 4.74 Å². The van der Waals surface area contributed by atoms with Crippen molar-refractivity contribution in [2.45, 2.75) is 13.3 Å². The van der Waals surface area contributed by atoms with E-state index in [4.69, 9.17) is 16.3 Å². The standard InChI is InChI=1S/C15H15ClN2O/c1-2-13-14(16)17-11-18-15(13)19-10-6-9-12-7-4-3-5-8-12/h3-9,11H,2,10H2,1H3. The molecule has 1 aromatic heterocycles. The Morgan fingerprint density at radius 2 is 2.00 bits per heavy atom. The molecule has 0 fully saturated rings. The normalized spacial score (nSPS) is 10.8. The van der Waals surface area contributed by atoms with Gasteiger partial charge in [-0.15, -0.1) is 0 Å². The summed E-state index contributed by atoms with van der Waals surface area (Å²) in [6.45, 7) is 2.45. The van der Waals surface area contributed by atoms with Crippen LogP contribution >= 0.6 is 11.6 Å². The molecule has 0 atom stereocenters. The zero-order valence-electron chi connectivity index (χ0n) is 10.7. The lowest BCUT2D eigenvalue weighted by atomic mass is 10.2. The van der Waals surface area contributed by atoms with Gasteiger partial charge in [0.25, 0.3) is 0 Å². The molecule has 1 heterocycles. The molecule has 0 unspecified atom stereocenters. The van der Waals surface area contributed by atoms with E-state index in [9.17, 15) is 0 Å². The van der Waals surface area contributed by atoms with Crippen LogP contribution in [0.25, 0.3) is 6.08 Å². The molecular weight excluding hydrogens is 260 g/mol. The summed E-state index contributed by atoms with van der Waals surface area (Å²) < 4.78 is 5.61. The maximum atomic E-state index is 5.99. The summed E-state index contributed by atoms with van der Waals surface area (Å²) >= 11 is 5.99. The number of benzene rings is 1. The lowest BCUT2D eigenvalue weighted by Gasteiger charge is -2.07. The lowest BCUT2D eigenvalue weighted by Crippen LogP contribution is -2.01. The van der Waals surface area contributed by atoms with Gasteiger partial charge in [0.05, 0.1) is 5.56 Å². The second kappa shape index (κ2) is 6.90. The van der Waals surface area contributed by atoms with Crippen LogP contribution < -0.4 is 4.74 Å². The third-order valence-electron chi connectivity index (χ3n) is 2.63. The highest BCUT2D eigenvalue weighted by Crippen LogP contribution is 2.22. The first-order chi connectivity index (χ1) is 9.31. The molecule has 0 spiro atoms. The van der Waals surface area contributed by atoms with Crippen molar-refractivity contribution in [1.29, 1.82) is 0 Å². The molecule has 0 saturated heterocycles. The number of halogens is 1. The SMILES string of the molecule is CCc1c(Cl)ncnc1OCC=Cc1ccccc1. The minimum absolute atomic E-state index is 0.454. The van der Waals surface area contributed by atoms with Crippen molar-refractivity contribution in [2.75, 3.05) is 6.61 Å². The zero-order chi connectivity index (χ0) is 13.5. The first kappa shape index (κ1) is 13.6. The summed E-state index contributed by atoms with van der Waals surface area (Å²) in [6.07, 6.45) is 6.12. The molecule has 0 aliphatic carbocycles. The summed E-state index contributed by atoms with van der Waals surface area (Å²) in [5, 5.41) is 0.458. The summed E-state index contributed by atoms with van der Waals surface area (Å²) in [4.78, 5) is 8.05. The fourth-order valence-electron chi connectivity index (χ4n) is 1.67. The van der Waals surface area contributed by atoms with Gasteiger partial charge in [0.15, 0.2) is 0 Å². The van der Waals surface area contributed by atoms with Crippen molar-refractivity contribution in [1.82, 2.24) is 9.97 Å². The zero-order valence-corrected chi connectivity index (χ0v) is 11.5. The second-order valence-electron chi connectivity index (χ2n) is 3.93. The average Bonchev–Trinajstić information content (AvgIpc) is 2.45. The van der Waals surface area contributed by atoms with E-state index in [1.54, 1.807) is 0 Å². The number of ether oxygens (including phenoxy) is 1. The molecular formula is C15H15ClN2O. The molecule has 0 aliphatic rings. The smallest absolute Gasteiger partial charge is 0.221 e. The largest absolute Gasteiger partial charge is 0.473 e. The first-order valence-electron chi connectivity index (χ1n) is 6.15. The Hall–Kier alpha value is -1.87. The Morgan fingerprint density at radius 1 is 1.21 bits per heavy atom. The highest BCUT2D eigenvalue weighted by Gasteiger charge is 2.08. The van der Waals surface area contributed by atoms with Crippen molar-refractivity contribution >= 4 is 17.7 Å². The number of rotatable bonds is 5. The number of hydrogen-bond acceptors (Lipinski definition) is 3. The van der Waals surface area contributed by atoms with Crippen molar-refractivity contribution < 1.29 is 4.74 Å². The van der Waals surface area contributed by atoms with Crippen LogP contribution in [0.4, 0.5) is 0 Å². The number of aromatic nitrogens is 2. The molecule has 2 aromatic rings. The summed E-state index contributed by atoms with van der Waals surface area (Å²) in [5.74, 6) is 0.556. The Bertz CT molecular complexity index is 555. The summed E-state index contributed by atoms with van der Waals surface area (Å²) in [7, 11) is 0. The number of nitrogens with zero attached hydrogens (tertiary/aromatic N) is 2. The monoisotopic (exact) mass is 274 g/mol. The van der Waals surface area contributed by atoms with E-state index in [1.807, 2.05) is 49.4 Å². The van der Waals surface area contributed by atoms with Gasteiger partial charge in [-0.3, -0.25) is 0 Å². The molecule has 3 nitrogen and oxygen atoms in total. The van der Waals surface area contributed by atoms with Gasteiger partial charge >= 0.3 is 0 Å². The lowest BCUT2D eigenvalue weighted by molar-refractivity contribution is 0.344. The molecule has 98 valence electrons. The van der Waals surface area contributed by atoms with Gasteiger partial charge in [-0.2, -0.15) is 0 Å². The van der Waals surface area contributed by atoms with Gasteiger partial charge in [0.1, 0.15) is 18.1 Å². The van der Waals surface area contributed by atoms with E-state index in [-0.39, 0.29) is 0 Å². The highest BCUT2D eigenvalue weighted by atomic mass is 35.5. The van der Waals surface area contributed by atoms with Crippen LogP contribution in [0.2, 0.25) is 5.15 Å². The van der Waals surface area contributed by atoms with Crippen LogP contribution in [-0.4, -0.2) is 16.6 Å². The van der Waals surface area contributed by atoms with Gasteiger partial charge in [0, 0.05) is 0 Å². The summed E-state index contributed by atoms with van der Waals surface area (Å²) in [6, 6.07) is 10.1. The van der Waals surface area contributed by atoms with Crippen LogP contribution in [0.5, 0.6) is 5.88 Å². The average molecular weight is 275 g/mol. The van der Waals surface area contributed by atoms with Gasteiger partial charge in [0.2, 0.25) is 5.88 Å². The van der Waals surface area contributed by atoms with Crippen molar-refractivity contribution in [3.8, 4) is 5.88 Å². The van der Waals surface area contributed by atoms with Crippen LogP contribution in [0.3, 0.4) is 0 Å². The van der Waals surface area contributed by atoms with Gasteiger partial charge in [-0.25, -0.2) is 9.97 Å². The van der Waals surface area contributed by atoms with Crippen LogP contribution in [0.1, 0.15) is 18.1 Å². The van der Waals surface area contributed by atoms with Gasteiger partial charge in [-0.1, -0.05) is 54.9 Å². The molecule has 0 bridgehead atoms. The topological polar surface area (TPSA) is 35.0 Å². The molecule has 4 heteroatoms. The number of hydrogen-bond donors (Lipinski definition) is 0. The second-order valence-corrected chi connectivity index (χ2v) is 4.28. The third-order valence-corrected chi connectivity index (χ3v) is 2.96. The molecule has 0 aliphatic heterocycles. The van der Waals surface area contributed by atoms with Crippen LogP contribution in [0.15, 0.2) is 42.7 Å². The van der Waals surface area contributed by atoms with Crippen molar-refractivity contribution in [2.24, 2.45) is 0 Å².